The molecule has 242 valence electrons. The van der Waals surface area contributed by atoms with Gasteiger partial charge in [-0.2, -0.15) is 0 Å². The number of rotatable bonds is 7. The van der Waals surface area contributed by atoms with Gasteiger partial charge in [-0.15, -0.1) is 0 Å². The lowest BCUT2D eigenvalue weighted by molar-refractivity contribution is -0.141. The van der Waals surface area contributed by atoms with E-state index >= 15 is 0 Å². The van der Waals surface area contributed by atoms with Crippen molar-refractivity contribution in [3.8, 4) is 45.3 Å². The van der Waals surface area contributed by atoms with Crippen LogP contribution < -0.4 is 18.9 Å². The number of ether oxygens (including phenoxy) is 5. The molecule has 49 heavy (non-hydrogen) atoms. The average molecular weight is 647 g/mol. The second kappa shape index (κ2) is 11.9. The Hall–Kier alpha value is -6.01. The van der Waals surface area contributed by atoms with Crippen molar-refractivity contribution in [1.29, 1.82) is 0 Å². The van der Waals surface area contributed by atoms with Gasteiger partial charge in [0.25, 0.3) is 0 Å². The van der Waals surface area contributed by atoms with Crippen LogP contribution in [0.2, 0.25) is 0 Å². The zero-order valence-electron chi connectivity index (χ0n) is 27.7. The Morgan fingerprint density at radius 2 is 1.29 bits per heavy atom. The number of benzene rings is 6. The number of fused-ring (bicyclic) bond motifs is 8. The van der Waals surface area contributed by atoms with Gasteiger partial charge in [0.1, 0.15) is 28.9 Å². The van der Waals surface area contributed by atoms with Crippen molar-refractivity contribution in [2.75, 3.05) is 28.4 Å². The number of hydrogen-bond donors (Lipinski definition) is 0. The van der Waals surface area contributed by atoms with E-state index in [-0.39, 0.29) is 5.97 Å². The molecule has 0 aromatic heterocycles. The largest absolute Gasteiger partial charge is 0.497 e. The van der Waals surface area contributed by atoms with Gasteiger partial charge in [0, 0.05) is 22.1 Å². The molecule has 6 aromatic rings. The molecule has 2 aliphatic rings. The first-order chi connectivity index (χ1) is 24.0. The molecule has 6 nitrogen and oxygen atoms in total. The van der Waals surface area contributed by atoms with Gasteiger partial charge in [-0.25, -0.2) is 0 Å². The molecule has 1 aliphatic heterocycles. The zero-order chi connectivity index (χ0) is 33.7. The summed E-state index contributed by atoms with van der Waals surface area (Å²) in [5.74, 6) is 1.89. The molecule has 0 saturated carbocycles. The van der Waals surface area contributed by atoms with Crippen molar-refractivity contribution in [3.63, 3.8) is 0 Å². The van der Waals surface area contributed by atoms with Crippen LogP contribution in [-0.4, -0.2) is 34.4 Å². The summed E-state index contributed by atoms with van der Waals surface area (Å²) in [6.45, 7) is 0. The molecule has 0 N–H and O–H groups in total. The molecule has 0 spiro atoms. The van der Waals surface area contributed by atoms with Crippen LogP contribution in [0.15, 0.2) is 121 Å². The van der Waals surface area contributed by atoms with Crippen LogP contribution in [0.3, 0.4) is 0 Å². The standard InChI is InChI=1S/C43H34O6/c1-45-30-15-11-28(12-16-30)43(29-13-17-31(46-2)18-14-29)23-22-35-39-38(37-25-32(47-3)19-21-34(37)41(35)49-43)33-20-10-27(26-8-6-5-7-9-26)24-36(33)40(39)42(44)48-4/h5-25,40H,1-4H3. The van der Waals surface area contributed by atoms with Gasteiger partial charge >= 0.3 is 5.97 Å². The van der Waals surface area contributed by atoms with E-state index in [1.807, 2.05) is 84.9 Å². The highest BCUT2D eigenvalue weighted by molar-refractivity contribution is 6.11. The van der Waals surface area contributed by atoms with Gasteiger partial charge in [-0.1, -0.05) is 72.8 Å². The quantitative estimate of drug-likeness (QED) is 0.161. The predicted molar refractivity (Wildman–Crippen MR) is 192 cm³/mol. The van der Waals surface area contributed by atoms with Crippen LogP contribution in [0, 0.1) is 0 Å². The van der Waals surface area contributed by atoms with Gasteiger partial charge in [0.15, 0.2) is 5.60 Å². The predicted octanol–water partition coefficient (Wildman–Crippen LogP) is 9.17. The first kappa shape index (κ1) is 30.3. The maximum atomic E-state index is 13.9. The van der Waals surface area contributed by atoms with Gasteiger partial charge in [0.2, 0.25) is 0 Å². The second-order valence-corrected chi connectivity index (χ2v) is 12.2. The Balaban J connectivity index is 1.41. The lowest BCUT2D eigenvalue weighted by Gasteiger charge is -2.37. The Labute approximate surface area is 285 Å². The number of methoxy groups -OCH3 is 4. The van der Waals surface area contributed by atoms with Crippen molar-refractivity contribution >= 4 is 22.8 Å². The normalized spacial score (nSPS) is 15.1. The lowest BCUT2D eigenvalue weighted by atomic mass is 9.81. The molecule has 8 rings (SSSR count). The molecule has 0 fully saturated rings. The average Bonchev–Trinajstić information content (AvgIpc) is 3.52. The molecule has 0 saturated heterocycles. The van der Waals surface area contributed by atoms with E-state index < -0.39 is 11.5 Å². The van der Waals surface area contributed by atoms with Crippen molar-refractivity contribution < 1.29 is 28.5 Å². The van der Waals surface area contributed by atoms with Gasteiger partial charge in [-0.3, -0.25) is 4.79 Å². The van der Waals surface area contributed by atoms with Crippen LogP contribution >= 0.6 is 0 Å². The van der Waals surface area contributed by atoms with Gasteiger partial charge in [-0.05, 0) is 93.4 Å². The molecule has 0 radical (unpaired) electrons. The molecule has 1 unspecified atom stereocenters. The van der Waals surface area contributed by atoms with Crippen LogP contribution in [0.4, 0.5) is 0 Å². The molecule has 0 bridgehead atoms. The minimum absolute atomic E-state index is 0.329. The summed E-state index contributed by atoms with van der Waals surface area (Å²) < 4.78 is 29.6. The second-order valence-electron chi connectivity index (χ2n) is 12.2. The molecule has 0 amide bonds. The van der Waals surface area contributed by atoms with Crippen molar-refractivity contribution in [3.05, 3.63) is 149 Å². The summed E-state index contributed by atoms with van der Waals surface area (Å²) in [6.07, 6.45) is 4.19. The fourth-order valence-electron chi connectivity index (χ4n) is 7.38. The summed E-state index contributed by atoms with van der Waals surface area (Å²) in [5.41, 5.74) is 7.51. The van der Waals surface area contributed by atoms with E-state index in [1.165, 1.54) is 7.11 Å². The Kier molecular flexibility index (Phi) is 7.37. The van der Waals surface area contributed by atoms with E-state index in [1.54, 1.807) is 21.3 Å². The zero-order valence-corrected chi connectivity index (χ0v) is 27.7. The Morgan fingerprint density at radius 3 is 1.90 bits per heavy atom. The molecule has 1 heterocycles. The molecule has 6 aromatic carbocycles. The van der Waals surface area contributed by atoms with Crippen molar-refractivity contribution in [2.24, 2.45) is 0 Å². The van der Waals surface area contributed by atoms with Crippen LogP contribution in [0.5, 0.6) is 23.0 Å². The smallest absolute Gasteiger partial charge is 0.317 e. The molecule has 1 aliphatic carbocycles. The van der Waals surface area contributed by atoms with Crippen molar-refractivity contribution in [2.45, 2.75) is 11.5 Å². The molecule has 1 atom stereocenters. The number of carbonyl (C=O) groups excluding carboxylic acids is 1. The van der Waals surface area contributed by atoms with Crippen LogP contribution in [0.1, 0.15) is 33.7 Å². The molecule has 6 heteroatoms. The van der Waals surface area contributed by atoms with Crippen LogP contribution in [0.25, 0.3) is 39.1 Å². The first-order valence-corrected chi connectivity index (χ1v) is 16.1. The monoisotopic (exact) mass is 646 g/mol. The van der Waals surface area contributed by atoms with Gasteiger partial charge < -0.3 is 23.7 Å². The van der Waals surface area contributed by atoms with Crippen molar-refractivity contribution in [1.82, 2.24) is 0 Å². The Morgan fingerprint density at radius 1 is 0.653 bits per heavy atom. The summed E-state index contributed by atoms with van der Waals surface area (Å²) in [7, 11) is 6.42. The summed E-state index contributed by atoms with van der Waals surface area (Å²) in [4.78, 5) is 13.9. The lowest BCUT2D eigenvalue weighted by Crippen LogP contribution is -2.34. The third kappa shape index (κ3) is 4.74. The third-order valence-corrected chi connectivity index (χ3v) is 9.79. The highest BCUT2D eigenvalue weighted by Crippen LogP contribution is 2.57. The minimum Gasteiger partial charge on any atom is -0.497 e. The number of hydrogen-bond acceptors (Lipinski definition) is 6. The van der Waals surface area contributed by atoms with Crippen LogP contribution in [-0.2, 0) is 15.1 Å². The SMILES string of the molecule is COC(=O)C1c2cc(-c3ccccc3)ccc2-c2c1c1c(c3ccc(OC)cc23)OC(c2ccc(OC)cc2)(c2ccc(OC)cc2)C=C1. The maximum Gasteiger partial charge on any atom is 0.317 e. The van der Waals surface area contributed by atoms with E-state index in [0.717, 1.165) is 72.3 Å². The fourth-order valence-corrected chi connectivity index (χ4v) is 7.38. The van der Waals surface area contributed by atoms with E-state index in [4.69, 9.17) is 23.7 Å². The van der Waals surface area contributed by atoms with E-state index in [2.05, 4.69) is 42.5 Å². The summed E-state index contributed by atoms with van der Waals surface area (Å²) >= 11 is 0. The number of esters is 1. The third-order valence-electron chi connectivity index (χ3n) is 9.79. The topological polar surface area (TPSA) is 63.2 Å². The highest BCUT2D eigenvalue weighted by Gasteiger charge is 2.44. The maximum absolute atomic E-state index is 13.9. The van der Waals surface area contributed by atoms with E-state index in [9.17, 15) is 4.79 Å². The Bertz CT molecular complexity index is 2200. The highest BCUT2D eigenvalue weighted by atomic mass is 16.5. The molecular weight excluding hydrogens is 612 g/mol. The van der Waals surface area contributed by atoms with Gasteiger partial charge in [0.05, 0.1) is 28.4 Å². The number of carbonyl (C=O) groups is 1. The molecular formula is C43H34O6. The first-order valence-electron chi connectivity index (χ1n) is 16.1. The minimum atomic E-state index is -1.00. The fraction of sp³-hybridized carbons (Fsp3) is 0.140. The summed E-state index contributed by atoms with van der Waals surface area (Å²) in [5, 5.41) is 1.84. The van der Waals surface area contributed by atoms with E-state index in [0.29, 0.717) is 11.5 Å². The summed E-state index contributed by atoms with van der Waals surface area (Å²) in [6, 6.07) is 38.4.